The molecular formula is C21H22N4O2. The van der Waals surface area contributed by atoms with Gasteiger partial charge in [0, 0.05) is 30.7 Å². The second kappa shape index (κ2) is 6.79. The van der Waals surface area contributed by atoms with Gasteiger partial charge in [0.1, 0.15) is 0 Å². The molecule has 2 N–H and O–H groups in total. The Hall–Kier alpha value is -2.70. The zero-order chi connectivity index (χ0) is 18.2. The van der Waals surface area contributed by atoms with Crippen LogP contribution >= 0.6 is 0 Å². The Morgan fingerprint density at radius 1 is 1.19 bits per heavy atom. The van der Waals surface area contributed by atoms with Crippen molar-refractivity contribution >= 4 is 16.9 Å². The zero-order valence-corrected chi connectivity index (χ0v) is 15.0. The highest BCUT2D eigenvalue weighted by Gasteiger charge is 2.38. The molecule has 0 spiro atoms. The van der Waals surface area contributed by atoms with Gasteiger partial charge in [0.15, 0.2) is 0 Å². The third kappa shape index (κ3) is 3.22. The van der Waals surface area contributed by atoms with Crippen molar-refractivity contribution in [2.24, 2.45) is 0 Å². The van der Waals surface area contributed by atoms with Crippen molar-refractivity contribution in [3.63, 3.8) is 0 Å². The van der Waals surface area contributed by atoms with Crippen LogP contribution in [0.4, 0.5) is 0 Å². The second-order valence-corrected chi connectivity index (χ2v) is 7.38. The highest BCUT2D eigenvalue weighted by Crippen LogP contribution is 2.30. The summed E-state index contributed by atoms with van der Waals surface area (Å²) in [5, 5.41) is 3.19. The number of aromatic nitrogens is 2. The van der Waals surface area contributed by atoms with Gasteiger partial charge in [-0.2, -0.15) is 0 Å². The molecule has 3 aromatic rings. The van der Waals surface area contributed by atoms with Crippen LogP contribution < -0.4 is 5.32 Å². The van der Waals surface area contributed by atoms with Crippen LogP contribution in [0.3, 0.4) is 0 Å². The summed E-state index contributed by atoms with van der Waals surface area (Å²) in [6.07, 6.45) is 2.68. The Kier molecular flexibility index (Phi) is 4.14. The molecule has 27 heavy (non-hydrogen) atoms. The van der Waals surface area contributed by atoms with E-state index in [0.29, 0.717) is 18.2 Å². The van der Waals surface area contributed by atoms with Crippen molar-refractivity contribution in [2.45, 2.75) is 24.6 Å². The molecular weight excluding hydrogens is 340 g/mol. The summed E-state index contributed by atoms with van der Waals surface area (Å²) in [6, 6.07) is 16.4. The monoisotopic (exact) mass is 362 g/mol. The van der Waals surface area contributed by atoms with E-state index in [9.17, 15) is 4.79 Å². The summed E-state index contributed by atoms with van der Waals surface area (Å²) in [5.41, 5.74) is 3.63. The largest absolute Gasteiger partial charge is 0.371 e. The molecule has 1 amide bonds. The number of hydrogen-bond acceptors (Lipinski definition) is 4. The highest BCUT2D eigenvalue weighted by atomic mass is 16.5. The number of imidazole rings is 1. The van der Waals surface area contributed by atoms with E-state index in [0.717, 1.165) is 30.5 Å². The predicted octanol–water partition coefficient (Wildman–Crippen LogP) is 2.51. The molecule has 0 radical (unpaired) electrons. The number of ether oxygens (including phenoxy) is 1. The molecule has 6 nitrogen and oxygen atoms in total. The smallest absolute Gasteiger partial charge is 0.251 e. The summed E-state index contributed by atoms with van der Waals surface area (Å²) in [6.45, 7) is 2.46. The van der Waals surface area contributed by atoms with Crippen molar-refractivity contribution in [1.82, 2.24) is 20.2 Å². The molecule has 3 heterocycles. The third-order valence-electron chi connectivity index (χ3n) is 5.61. The van der Waals surface area contributed by atoms with E-state index in [4.69, 9.17) is 4.74 Å². The molecule has 138 valence electrons. The summed E-state index contributed by atoms with van der Waals surface area (Å²) < 4.78 is 6.09. The maximum absolute atomic E-state index is 12.7. The Balaban J connectivity index is 1.23. The van der Waals surface area contributed by atoms with Gasteiger partial charge >= 0.3 is 0 Å². The minimum absolute atomic E-state index is 0.0307. The van der Waals surface area contributed by atoms with Gasteiger partial charge in [-0.05, 0) is 30.2 Å². The Bertz CT molecular complexity index is 955. The third-order valence-corrected chi connectivity index (χ3v) is 5.61. The Morgan fingerprint density at radius 3 is 2.96 bits per heavy atom. The quantitative estimate of drug-likeness (QED) is 0.751. The second-order valence-electron chi connectivity index (χ2n) is 7.38. The molecule has 1 aromatic heterocycles. The lowest BCUT2D eigenvalue weighted by molar-refractivity contribution is -0.0502. The number of morpholine rings is 1. The van der Waals surface area contributed by atoms with Crippen LogP contribution in [-0.4, -0.2) is 52.6 Å². The topological polar surface area (TPSA) is 70.2 Å². The van der Waals surface area contributed by atoms with Gasteiger partial charge in [-0.25, -0.2) is 4.98 Å². The number of nitrogens with one attached hydrogen (secondary N) is 2. The van der Waals surface area contributed by atoms with Gasteiger partial charge in [-0.15, -0.1) is 0 Å². The first-order valence-electron chi connectivity index (χ1n) is 9.41. The van der Waals surface area contributed by atoms with Gasteiger partial charge in [0.25, 0.3) is 5.91 Å². The van der Waals surface area contributed by atoms with Crippen molar-refractivity contribution in [3.05, 3.63) is 66.0 Å². The van der Waals surface area contributed by atoms with E-state index in [1.54, 1.807) is 6.33 Å². The fraction of sp³-hybridized carbons (Fsp3) is 0.333. The van der Waals surface area contributed by atoms with Crippen LogP contribution in [0.2, 0.25) is 0 Å². The van der Waals surface area contributed by atoms with E-state index in [-0.39, 0.29) is 18.1 Å². The molecule has 2 aliphatic rings. The van der Waals surface area contributed by atoms with E-state index in [2.05, 4.69) is 32.3 Å². The minimum Gasteiger partial charge on any atom is -0.371 e. The number of fused-ring (bicyclic) bond motifs is 2. The summed E-state index contributed by atoms with van der Waals surface area (Å²) in [5.74, 6) is -0.0307. The van der Waals surface area contributed by atoms with Crippen LogP contribution in [0.1, 0.15) is 28.4 Å². The first-order chi connectivity index (χ1) is 13.3. The van der Waals surface area contributed by atoms with E-state index in [1.165, 1.54) is 5.56 Å². The van der Waals surface area contributed by atoms with Crippen molar-refractivity contribution in [3.8, 4) is 0 Å². The molecule has 2 aromatic carbocycles. The molecule has 0 aliphatic carbocycles. The fourth-order valence-electron chi connectivity index (χ4n) is 4.19. The normalized spacial score (nSPS) is 25.4. The number of rotatable bonds is 3. The summed E-state index contributed by atoms with van der Waals surface area (Å²) in [7, 11) is 0. The molecule has 3 atom stereocenters. The SMILES string of the molecule is O=C(NC1CC2COC(c3ccccc3)CN2C1)c1ccc2nc[nH]c2c1. The molecule has 0 saturated carbocycles. The number of benzene rings is 2. The average Bonchev–Trinajstić information content (AvgIpc) is 3.33. The van der Waals surface area contributed by atoms with Crippen LogP contribution in [0.15, 0.2) is 54.9 Å². The Morgan fingerprint density at radius 2 is 2.07 bits per heavy atom. The number of H-pyrrole nitrogens is 1. The lowest BCUT2D eigenvalue weighted by Gasteiger charge is -2.35. The van der Waals surface area contributed by atoms with E-state index < -0.39 is 0 Å². The van der Waals surface area contributed by atoms with Gasteiger partial charge in [-0.1, -0.05) is 30.3 Å². The molecule has 2 fully saturated rings. The predicted molar refractivity (Wildman–Crippen MR) is 102 cm³/mol. The minimum atomic E-state index is -0.0307. The lowest BCUT2D eigenvalue weighted by Crippen LogP contribution is -2.43. The number of aromatic amines is 1. The van der Waals surface area contributed by atoms with Gasteiger partial charge in [0.05, 0.1) is 30.1 Å². The van der Waals surface area contributed by atoms with E-state index >= 15 is 0 Å². The number of carbonyl (C=O) groups excluding carboxylic acids is 1. The maximum Gasteiger partial charge on any atom is 0.251 e. The first kappa shape index (κ1) is 16.5. The Labute approximate surface area is 157 Å². The van der Waals surface area contributed by atoms with Crippen LogP contribution in [0.5, 0.6) is 0 Å². The van der Waals surface area contributed by atoms with Gasteiger partial charge < -0.3 is 15.0 Å². The van der Waals surface area contributed by atoms with Crippen LogP contribution in [0.25, 0.3) is 11.0 Å². The molecule has 5 rings (SSSR count). The molecule has 3 unspecified atom stereocenters. The number of amides is 1. The fourth-order valence-corrected chi connectivity index (χ4v) is 4.19. The van der Waals surface area contributed by atoms with Crippen molar-refractivity contribution in [1.29, 1.82) is 0 Å². The summed E-state index contributed by atoms with van der Waals surface area (Å²) in [4.78, 5) is 22.4. The molecule has 2 aliphatic heterocycles. The molecule has 6 heteroatoms. The average molecular weight is 362 g/mol. The number of carbonyl (C=O) groups is 1. The first-order valence-corrected chi connectivity index (χ1v) is 9.41. The van der Waals surface area contributed by atoms with Crippen molar-refractivity contribution < 1.29 is 9.53 Å². The molecule has 2 saturated heterocycles. The highest BCUT2D eigenvalue weighted by molar-refractivity contribution is 5.97. The standard InChI is InChI=1S/C21H22N4O2/c26-21(15-6-7-18-19(8-15)23-13-22-18)24-16-9-17-12-27-20(11-25(17)10-16)14-4-2-1-3-5-14/h1-8,13,16-17,20H,9-12H2,(H,22,23)(H,24,26). The zero-order valence-electron chi connectivity index (χ0n) is 15.0. The maximum atomic E-state index is 12.7. The number of hydrogen-bond donors (Lipinski definition) is 2. The van der Waals surface area contributed by atoms with Crippen molar-refractivity contribution in [2.75, 3.05) is 19.7 Å². The van der Waals surface area contributed by atoms with Crippen LogP contribution in [-0.2, 0) is 4.74 Å². The molecule has 0 bridgehead atoms. The summed E-state index contributed by atoms with van der Waals surface area (Å²) >= 11 is 0. The van der Waals surface area contributed by atoms with Crippen LogP contribution in [0, 0.1) is 0 Å². The van der Waals surface area contributed by atoms with E-state index in [1.807, 2.05) is 36.4 Å². The number of nitrogens with zero attached hydrogens (tertiary/aromatic N) is 2. The van der Waals surface area contributed by atoms with Gasteiger partial charge in [-0.3, -0.25) is 9.69 Å². The van der Waals surface area contributed by atoms with Gasteiger partial charge in [0.2, 0.25) is 0 Å². The lowest BCUT2D eigenvalue weighted by atomic mass is 10.1.